The summed E-state index contributed by atoms with van der Waals surface area (Å²) in [7, 11) is 0. The van der Waals surface area contributed by atoms with Crippen LogP contribution in [0.2, 0.25) is 0 Å². The summed E-state index contributed by atoms with van der Waals surface area (Å²) in [6.45, 7) is 4.16. The van der Waals surface area contributed by atoms with Crippen molar-refractivity contribution in [1.82, 2.24) is 14.4 Å². The van der Waals surface area contributed by atoms with E-state index < -0.39 is 0 Å². The predicted molar refractivity (Wildman–Crippen MR) is 115 cm³/mol. The molecule has 0 atom stereocenters. The molecule has 6 heteroatoms. The van der Waals surface area contributed by atoms with Gasteiger partial charge in [-0.2, -0.15) is 0 Å². The third kappa shape index (κ3) is 3.18. The maximum absolute atomic E-state index is 14.5. The van der Waals surface area contributed by atoms with Gasteiger partial charge in [0.25, 0.3) is 0 Å². The van der Waals surface area contributed by atoms with Crippen molar-refractivity contribution in [3.8, 4) is 11.3 Å². The number of benzene rings is 1. The maximum Gasteiger partial charge on any atom is 0.151 e. The van der Waals surface area contributed by atoms with Gasteiger partial charge in [-0.15, -0.1) is 0 Å². The van der Waals surface area contributed by atoms with E-state index in [0.29, 0.717) is 11.3 Å². The molecule has 0 amide bonds. The number of hydrogen-bond donors (Lipinski definition) is 1. The standard InChI is InChI=1S/C21H18FIN4/c1-3-14-7-5-9-18-25-20(15-10-11-24-12-16(15)22)21(27(14)18)26-19-13(2)6-4-8-17(19)23/h4-12,26H,3H2,1-2H3. The van der Waals surface area contributed by atoms with Crippen molar-refractivity contribution in [1.29, 1.82) is 0 Å². The van der Waals surface area contributed by atoms with Crippen molar-refractivity contribution in [3.05, 3.63) is 75.5 Å². The third-order valence-electron chi connectivity index (χ3n) is 4.58. The number of nitrogens with one attached hydrogen (secondary N) is 1. The highest BCUT2D eigenvalue weighted by molar-refractivity contribution is 14.1. The molecule has 0 bridgehead atoms. The second kappa shape index (κ2) is 7.26. The van der Waals surface area contributed by atoms with Crippen LogP contribution in [0, 0.1) is 16.3 Å². The number of imidazole rings is 1. The predicted octanol–water partition coefficient (Wildman–Crippen LogP) is 5.75. The number of anilines is 2. The zero-order valence-electron chi connectivity index (χ0n) is 15.0. The number of aryl methyl sites for hydroxylation is 2. The minimum Gasteiger partial charge on any atom is -0.338 e. The van der Waals surface area contributed by atoms with Gasteiger partial charge >= 0.3 is 0 Å². The minimum atomic E-state index is -0.388. The van der Waals surface area contributed by atoms with Gasteiger partial charge in [0.1, 0.15) is 17.2 Å². The molecule has 0 saturated heterocycles. The summed E-state index contributed by atoms with van der Waals surface area (Å²) in [4.78, 5) is 8.61. The molecule has 27 heavy (non-hydrogen) atoms. The molecule has 0 aliphatic rings. The van der Waals surface area contributed by atoms with Crippen LogP contribution in [0.4, 0.5) is 15.9 Å². The number of para-hydroxylation sites is 1. The van der Waals surface area contributed by atoms with E-state index in [1.807, 2.05) is 24.3 Å². The third-order valence-corrected chi connectivity index (χ3v) is 5.48. The highest BCUT2D eigenvalue weighted by Gasteiger charge is 2.20. The molecule has 0 spiro atoms. The van der Waals surface area contributed by atoms with Crippen molar-refractivity contribution in [2.45, 2.75) is 20.3 Å². The average molecular weight is 472 g/mol. The molecule has 136 valence electrons. The Morgan fingerprint density at radius 1 is 1.15 bits per heavy atom. The number of pyridine rings is 2. The van der Waals surface area contributed by atoms with Gasteiger partial charge in [0.05, 0.1) is 11.9 Å². The maximum atomic E-state index is 14.5. The molecule has 0 radical (unpaired) electrons. The van der Waals surface area contributed by atoms with Gasteiger partial charge in [-0.1, -0.05) is 25.1 Å². The molecule has 3 aromatic heterocycles. The minimum absolute atomic E-state index is 0.388. The zero-order valence-corrected chi connectivity index (χ0v) is 17.2. The first kappa shape index (κ1) is 17.9. The average Bonchev–Trinajstić information content (AvgIpc) is 3.03. The van der Waals surface area contributed by atoms with E-state index in [2.05, 4.69) is 63.3 Å². The van der Waals surface area contributed by atoms with Gasteiger partial charge in [0, 0.05) is 21.0 Å². The number of hydrogen-bond acceptors (Lipinski definition) is 3. The van der Waals surface area contributed by atoms with Crippen LogP contribution in [0.5, 0.6) is 0 Å². The molecule has 4 rings (SSSR count). The highest BCUT2D eigenvalue weighted by Crippen LogP contribution is 2.35. The Balaban J connectivity index is 2.02. The molecule has 0 saturated carbocycles. The van der Waals surface area contributed by atoms with Crippen LogP contribution in [-0.2, 0) is 6.42 Å². The van der Waals surface area contributed by atoms with Gasteiger partial charge in [-0.25, -0.2) is 9.37 Å². The van der Waals surface area contributed by atoms with E-state index >= 15 is 0 Å². The normalized spacial score (nSPS) is 11.1. The van der Waals surface area contributed by atoms with E-state index in [1.165, 1.54) is 6.20 Å². The van der Waals surface area contributed by atoms with Crippen molar-refractivity contribution in [2.24, 2.45) is 0 Å². The Morgan fingerprint density at radius 3 is 2.70 bits per heavy atom. The van der Waals surface area contributed by atoms with Crippen molar-refractivity contribution in [2.75, 3.05) is 5.32 Å². The fourth-order valence-corrected chi connectivity index (χ4v) is 3.98. The van der Waals surface area contributed by atoms with E-state index in [0.717, 1.165) is 38.4 Å². The summed E-state index contributed by atoms with van der Waals surface area (Å²) in [6, 6.07) is 13.8. The van der Waals surface area contributed by atoms with Crippen molar-refractivity contribution < 1.29 is 4.39 Å². The number of rotatable bonds is 4. The van der Waals surface area contributed by atoms with Crippen molar-refractivity contribution >= 4 is 39.7 Å². The first-order valence-electron chi connectivity index (χ1n) is 8.72. The summed E-state index contributed by atoms with van der Waals surface area (Å²) in [6.07, 6.45) is 3.65. The summed E-state index contributed by atoms with van der Waals surface area (Å²) < 4.78 is 17.7. The summed E-state index contributed by atoms with van der Waals surface area (Å²) in [5.41, 5.74) is 5.02. The first-order valence-corrected chi connectivity index (χ1v) is 9.80. The van der Waals surface area contributed by atoms with Gasteiger partial charge in [-0.05, 0) is 65.8 Å². The fraction of sp³-hybridized carbons (Fsp3) is 0.143. The van der Waals surface area contributed by atoms with Gasteiger partial charge in [0.15, 0.2) is 5.82 Å². The Kier molecular flexibility index (Phi) is 4.82. The number of halogens is 2. The molecule has 0 aliphatic carbocycles. The van der Waals surface area contributed by atoms with E-state index in [4.69, 9.17) is 4.98 Å². The topological polar surface area (TPSA) is 42.2 Å². The number of aromatic nitrogens is 3. The Bertz CT molecular complexity index is 1120. The molecule has 0 aliphatic heterocycles. The summed E-state index contributed by atoms with van der Waals surface area (Å²) in [5, 5.41) is 3.54. The molecule has 4 nitrogen and oxygen atoms in total. The second-order valence-electron chi connectivity index (χ2n) is 6.29. The summed E-state index contributed by atoms with van der Waals surface area (Å²) >= 11 is 2.31. The van der Waals surface area contributed by atoms with Crippen LogP contribution in [0.1, 0.15) is 18.2 Å². The molecule has 4 aromatic rings. The van der Waals surface area contributed by atoms with Gasteiger partial charge in [0.2, 0.25) is 0 Å². The molecule has 1 N–H and O–H groups in total. The number of fused-ring (bicyclic) bond motifs is 1. The van der Waals surface area contributed by atoms with Crippen LogP contribution in [0.25, 0.3) is 16.9 Å². The largest absolute Gasteiger partial charge is 0.338 e. The van der Waals surface area contributed by atoms with Crippen LogP contribution < -0.4 is 5.32 Å². The monoisotopic (exact) mass is 472 g/mol. The van der Waals surface area contributed by atoms with Gasteiger partial charge < -0.3 is 5.32 Å². The quantitative estimate of drug-likeness (QED) is 0.385. The van der Waals surface area contributed by atoms with Crippen LogP contribution in [-0.4, -0.2) is 14.4 Å². The lowest BCUT2D eigenvalue weighted by Gasteiger charge is -2.15. The van der Waals surface area contributed by atoms with E-state index in [-0.39, 0.29) is 5.82 Å². The summed E-state index contributed by atoms with van der Waals surface area (Å²) in [5.74, 6) is 0.376. The molecule has 0 unspecified atom stereocenters. The van der Waals surface area contributed by atoms with Crippen LogP contribution in [0.3, 0.4) is 0 Å². The lowest BCUT2D eigenvalue weighted by Crippen LogP contribution is -2.04. The molecule has 3 heterocycles. The lowest BCUT2D eigenvalue weighted by atomic mass is 10.1. The first-order chi connectivity index (χ1) is 13.1. The molecular formula is C21H18FIN4. The number of nitrogens with zero attached hydrogens (tertiary/aromatic N) is 3. The highest BCUT2D eigenvalue weighted by atomic mass is 127. The van der Waals surface area contributed by atoms with Crippen LogP contribution >= 0.6 is 22.6 Å². The molecule has 0 fully saturated rings. The van der Waals surface area contributed by atoms with Crippen molar-refractivity contribution in [3.63, 3.8) is 0 Å². The smallest absolute Gasteiger partial charge is 0.151 e. The molecular weight excluding hydrogens is 454 g/mol. The fourth-order valence-electron chi connectivity index (χ4n) is 3.22. The van der Waals surface area contributed by atoms with E-state index in [1.54, 1.807) is 12.3 Å². The van der Waals surface area contributed by atoms with Gasteiger partial charge in [-0.3, -0.25) is 9.38 Å². The Labute approximate surface area is 170 Å². The SMILES string of the molecule is CCc1cccc2nc(-c3ccncc3F)c(Nc3c(C)cccc3I)n12. The Hall–Kier alpha value is -2.48. The second-order valence-corrected chi connectivity index (χ2v) is 7.45. The zero-order chi connectivity index (χ0) is 19.0. The molecule has 1 aromatic carbocycles. The van der Waals surface area contributed by atoms with E-state index in [9.17, 15) is 4.39 Å². The van der Waals surface area contributed by atoms with Crippen LogP contribution in [0.15, 0.2) is 54.9 Å². The lowest BCUT2D eigenvalue weighted by molar-refractivity contribution is 0.624. The Morgan fingerprint density at radius 2 is 1.96 bits per heavy atom.